The van der Waals surface area contributed by atoms with E-state index in [-0.39, 0.29) is 18.1 Å². The number of ether oxygens (including phenoxy) is 1. The third-order valence-corrected chi connectivity index (χ3v) is 2.60. The number of hydrogen-bond donors (Lipinski definition) is 2. The minimum atomic E-state index is -0.0627. The van der Waals surface area contributed by atoms with E-state index in [0.29, 0.717) is 18.9 Å². The van der Waals surface area contributed by atoms with Crippen LogP contribution in [0.15, 0.2) is 0 Å². The zero-order valence-corrected chi connectivity index (χ0v) is 8.95. The molecule has 0 aliphatic carbocycles. The van der Waals surface area contributed by atoms with Gasteiger partial charge in [0.2, 0.25) is 5.91 Å². The highest BCUT2D eigenvalue weighted by atomic mass is 16.5. The molecule has 1 aliphatic heterocycles. The molecule has 3 atom stereocenters. The van der Waals surface area contributed by atoms with Gasteiger partial charge in [-0.15, -0.1) is 0 Å². The summed E-state index contributed by atoms with van der Waals surface area (Å²) in [4.78, 5) is 11.3. The number of amides is 1. The van der Waals surface area contributed by atoms with Crippen LogP contribution >= 0.6 is 0 Å². The van der Waals surface area contributed by atoms with E-state index >= 15 is 0 Å². The monoisotopic (exact) mass is 200 g/mol. The van der Waals surface area contributed by atoms with Crippen molar-refractivity contribution >= 4 is 5.91 Å². The van der Waals surface area contributed by atoms with E-state index < -0.39 is 0 Å². The van der Waals surface area contributed by atoms with Gasteiger partial charge in [0, 0.05) is 31.5 Å². The van der Waals surface area contributed by atoms with Crippen LogP contribution in [-0.4, -0.2) is 31.2 Å². The van der Waals surface area contributed by atoms with E-state index in [0.717, 1.165) is 13.0 Å². The topological polar surface area (TPSA) is 64.4 Å². The predicted molar refractivity (Wildman–Crippen MR) is 54.8 cm³/mol. The smallest absolute Gasteiger partial charge is 0.221 e. The molecule has 4 heteroatoms. The molecule has 0 spiro atoms. The number of carbonyl (C=O) groups excluding carboxylic acids is 1. The first-order chi connectivity index (χ1) is 6.59. The minimum Gasteiger partial charge on any atom is -0.378 e. The normalized spacial score (nSPS) is 28.8. The van der Waals surface area contributed by atoms with Crippen molar-refractivity contribution in [3.05, 3.63) is 0 Å². The first kappa shape index (κ1) is 11.5. The summed E-state index contributed by atoms with van der Waals surface area (Å²) in [5, 5.41) is 2.89. The molecule has 3 unspecified atom stereocenters. The van der Waals surface area contributed by atoms with E-state index in [1.165, 1.54) is 0 Å². The Morgan fingerprint density at radius 3 is 2.93 bits per heavy atom. The Kier molecular flexibility index (Phi) is 4.35. The van der Waals surface area contributed by atoms with Crippen LogP contribution in [0.5, 0.6) is 0 Å². The molecule has 14 heavy (non-hydrogen) atoms. The highest BCUT2D eigenvalue weighted by molar-refractivity contribution is 5.76. The average Bonchev–Trinajstić information content (AvgIpc) is 2.46. The quantitative estimate of drug-likeness (QED) is 0.684. The third kappa shape index (κ3) is 3.64. The SMILES string of the molecule is CC(N)CC(=O)NCC1CCOC1C. The molecule has 0 bridgehead atoms. The molecule has 1 fully saturated rings. The molecule has 1 heterocycles. The predicted octanol–water partition coefficient (Wildman–Crippen LogP) is 0.265. The van der Waals surface area contributed by atoms with E-state index in [9.17, 15) is 4.79 Å². The zero-order valence-electron chi connectivity index (χ0n) is 8.95. The third-order valence-electron chi connectivity index (χ3n) is 2.60. The number of rotatable bonds is 4. The van der Waals surface area contributed by atoms with Crippen LogP contribution in [0.2, 0.25) is 0 Å². The van der Waals surface area contributed by atoms with Crippen LogP contribution < -0.4 is 11.1 Å². The van der Waals surface area contributed by atoms with Crippen molar-refractivity contribution in [2.45, 2.75) is 38.8 Å². The van der Waals surface area contributed by atoms with Crippen LogP contribution in [0.3, 0.4) is 0 Å². The zero-order chi connectivity index (χ0) is 10.6. The Morgan fingerprint density at radius 2 is 2.43 bits per heavy atom. The van der Waals surface area contributed by atoms with E-state index in [1.807, 2.05) is 6.92 Å². The fourth-order valence-electron chi connectivity index (χ4n) is 1.65. The van der Waals surface area contributed by atoms with Crippen LogP contribution in [0.1, 0.15) is 26.7 Å². The Balaban J connectivity index is 2.16. The van der Waals surface area contributed by atoms with Crippen LogP contribution in [0.25, 0.3) is 0 Å². The summed E-state index contributed by atoms with van der Waals surface area (Å²) in [7, 11) is 0. The molecule has 82 valence electrons. The van der Waals surface area contributed by atoms with Gasteiger partial charge in [-0.3, -0.25) is 4.79 Å². The maximum absolute atomic E-state index is 11.3. The summed E-state index contributed by atoms with van der Waals surface area (Å²) in [6.45, 7) is 5.41. The average molecular weight is 200 g/mol. The molecule has 0 radical (unpaired) electrons. The minimum absolute atomic E-state index is 0.0408. The maximum atomic E-state index is 11.3. The molecule has 4 nitrogen and oxygen atoms in total. The van der Waals surface area contributed by atoms with Gasteiger partial charge in [0.25, 0.3) is 0 Å². The van der Waals surface area contributed by atoms with Crippen molar-refractivity contribution in [3.63, 3.8) is 0 Å². The van der Waals surface area contributed by atoms with Gasteiger partial charge in [-0.05, 0) is 20.3 Å². The molecule has 0 aromatic carbocycles. The molecule has 3 N–H and O–H groups in total. The van der Waals surface area contributed by atoms with Gasteiger partial charge in [0.1, 0.15) is 0 Å². The van der Waals surface area contributed by atoms with Crippen molar-refractivity contribution < 1.29 is 9.53 Å². The summed E-state index contributed by atoms with van der Waals surface area (Å²) < 4.78 is 5.40. The largest absolute Gasteiger partial charge is 0.378 e. The van der Waals surface area contributed by atoms with Gasteiger partial charge in [-0.1, -0.05) is 0 Å². The van der Waals surface area contributed by atoms with E-state index in [1.54, 1.807) is 0 Å². The molecule has 0 aromatic rings. The van der Waals surface area contributed by atoms with Crippen LogP contribution in [0, 0.1) is 5.92 Å². The van der Waals surface area contributed by atoms with Crippen molar-refractivity contribution in [2.24, 2.45) is 11.7 Å². The summed E-state index contributed by atoms with van der Waals surface area (Å²) in [6, 6.07) is -0.0627. The second-order valence-electron chi connectivity index (χ2n) is 4.11. The van der Waals surface area contributed by atoms with Gasteiger partial charge < -0.3 is 15.8 Å². The molecule has 1 saturated heterocycles. The molecular formula is C10H20N2O2. The Labute approximate surface area is 85.2 Å². The molecule has 1 aliphatic rings. The summed E-state index contributed by atoms with van der Waals surface area (Å²) in [6.07, 6.45) is 1.72. The summed E-state index contributed by atoms with van der Waals surface area (Å²) in [5.74, 6) is 0.506. The van der Waals surface area contributed by atoms with E-state index in [4.69, 9.17) is 10.5 Å². The van der Waals surface area contributed by atoms with Crippen LogP contribution in [0.4, 0.5) is 0 Å². The highest BCUT2D eigenvalue weighted by Crippen LogP contribution is 2.19. The number of hydrogen-bond acceptors (Lipinski definition) is 3. The Morgan fingerprint density at radius 1 is 1.71 bits per heavy atom. The number of carbonyl (C=O) groups is 1. The second kappa shape index (κ2) is 5.32. The van der Waals surface area contributed by atoms with Crippen molar-refractivity contribution in [3.8, 4) is 0 Å². The van der Waals surface area contributed by atoms with Gasteiger partial charge in [0.05, 0.1) is 6.10 Å². The Bertz CT molecular complexity index is 195. The van der Waals surface area contributed by atoms with Crippen molar-refractivity contribution in [1.82, 2.24) is 5.32 Å². The number of nitrogens with two attached hydrogens (primary N) is 1. The van der Waals surface area contributed by atoms with E-state index in [2.05, 4.69) is 12.2 Å². The maximum Gasteiger partial charge on any atom is 0.221 e. The lowest BCUT2D eigenvalue weighted by Gasteiger charge is -2.15. The first-order valence-electron chi connectivity index (χ1n) is 5.23. The van der Waals surface area contributed by atoms with Gasteiger partial charge in [-0.25, -0.2) is 0 Å². The summed E-state index contributed by atoms with van der Waals surface area (Å²) in [5.41, 5.74) is 5.52. The molecule has 1 rings (SSSR count). The first-order valence-corrected chi connectivity index (χ1v) is 5.23. The van der Waals surface area contributed by atoms with Crippen LogP contribution in [-0.2, 0) is 9.53 Å². The lowest BCUT2D eigenvalue weighted by Crippen LogP contribution is -2.34. The number of nitrogens with one attached hydrogen (secondary N) is 1. The lowest BCUT2D eigenvalue weighted by molar-refractivity contribution is -0.121. The van der Waals surface area contributed by atoms with Gasteiger partial charge in [-0.2, -0.15) is 0 Å². The molecule has 0 saturated carbocycles. The van der Waals surface area contributed by atoms with Gasteiger partial charge in [0.15, 0.2) is 0 Å². The van der Waals surface area contributed by atoms with Crippen molar-refractivity contribution in [1.29, 1.82) is 0 Å². The van der Waals surface area contributed by atoms with Crippen molar-refractivity contribution in [2.75, 3.05) is 13.2 Å². The Hall–Kier alpha value is -0.610. The second-order valence-corrected chi connectivity index (χ2v) is 4.11. The van der Waals surface area contributed by atoms with Gasteiger partial charge >= 0.3 is 0 Å². The fraction of sp³-hybridized carbons (Fsp3) is 0.900. The molecule has 0 aromatic heterocycles. The standard InChI is InChI=1S/C10H20N2O2/c1-7(11)5-10(13)12-6-9-3-4-14-8(9)2/h7-9H,3-6,11H2,1-2H3,(H,12,13). The molecular weight excluding hydrogens is 180 g/mol. The fourth-order valence-corrected chi connectivity index (χ4v) is 1.65. The summed E-state index contributed by atoms with van der Waals surface area (Å²) >= 11 is 0. The lowest BCUT2D eigenvalue weighted by atomic mass is 10.0. The molecule has 1 amide bonds. The highest BCUT2D eigenvalue weighted by Gasteiger charge is 2.24.